The molecule has 2 aliphatic rings. The van der Waals surface area contributed by atoms with Crippen LogP contribution in [0.1, 0.15) is 24.1 Å². The average molecular weight is 384 g/mol. The van der Waals surface area contributed by atoms with E-state index in [1.165, 1.54) is 0 Å². The zero-order valence-corrected chi connectivity index (χ0v) is 15.8. The number of fused-ring (bicyclic) bond motifs is 1. The summed E-state index contributed by atoms with van der Waals surface area (Å²) >= 11 is 0. The normalized spacial score (nSPS) is 16.5. The maximum absolute atomic E-state index is 12.3. The lowest BCUT2D eigenvalue weighted by molar-refractivity contribution is 0.122. The van der Waals surface area contributed by atoms with Gasteiger partial charge in [0.2, 0.25) is 6.79 Å². The summed E-state index contributed by atoms with van der Waals surface area (Å²) in [6, 6.07) is 9.21. The number of morpholine rings is 1. The fourth-order valence-electron chi connectivity index (χ4n) is 3.23. The van der Waals surface area contributed by atoms with Gasteiger partial charge in [-0.2, -0.15) is 0 Å². The summed E-state index contributed by atoms with van der Waals surface area (Å²) in [5.74, 6) is 2.35. The van der Waals surface area contributed by atoms with E-state index in [9.17, 15) is 4.79 Å². The highest BCUT2D eigenvalue weighted by molar-refractivity contribution is 5.74. The van der Waals surface area contributed by atoms with Crippen molar-refractivity contribution in [2.45, 2.75) is 19.5 Å². The molecular formula is C20H24N4O4. The number of benzene rings is 1. The maximum Gasteiger partial charge on any atom is 0.315 e. The maximum atomic E-state index is 12.3. The van der Waals surface area contributed by atoms with Crippen LogP contribution in [-0.4, -0.2) is 44.1 Å². The summed E-state index contributed by atoms with van der Waals surface area (Å²) < 4.78 is 16.1. The number of rotatable bonds is 5. The largest absolute Gasteiger partial charge is 0.454 e. The van der Waals surface area contributed by atoms with Crippen molar-refractivity contribution >= 4 is 11.8 Å². The number of anilines is 1. The molecule has 1 saturated heterocycles. The molecule has 2 aliphatic heterocycles. The van der Waals surface area contributed by atoms with Crippen LogP contribution in [0.2, 0.25) is 0 Å². The van der Waals surface area contributed by atoms with E-state index in [-0.39, 0.29) is 18.9 Å². The summed E-state index contributed by atoms with van der Waals surface area (Å²) in [6.07, 6.45) is 1.77. The molecule has 8 nitrogen and oxygen atoms in total. The Kier molecular flexibility index (Phi) is 5.48. The molecule has 0 bridgehead atoms. The molecule has 4 rings (SSSR count). The SMILES string of the molecule is C[C@@H](NC(=O)NCc1ccnc(N2CCOCC2)c1)c1ccc2c(c1)OCO2. The second-order valence-electron chi connectivity index (χ2n) is 6.78. The van der Waals surface area contributed by atoms with Gasteiger partial charge < -0.3 is 29.7 Å². The summed E-state index contributed by atoms with van der Waals surface area (Å²) in [5.41, 5.74) is 1.96. The first-order chi connectivity index (χ1) is 13.7. The number of carbonyl (C=O) groups is 1. The van der Waals surface area contributed by atoms with Crippen molar-refractivity contribution in [3.8, 4) is 11.5 Å². The van der Waals surface area contributed by atoms with E-state index in [0.29, 0.717) is 25.5 Å². The van der Waals surface area contributed by atoms with Gasteiger partial charge in [-0.15, -0.1) is 0 Å². The van der Waals surface area contributed by atoms with Gasteiger partial charge in [-0.3, -0.25) is 0 Å². The third-order valence-corrected chi connectivity index (χ3v) is 4.84. The molecule has 3 heterocycles. The van der Waals surface area contributed by atoms with E-state index in [2.05, 4.69) is 20.5 Å². The van der Waals surface area contributed by atoms with Crippen LogP contribution >= 0.6 is 0 Å². The van der Waals surface area contributed by atoms with Crippen LogP contribution in [0.15, 0.2) is 36.5 Å². The third-order valence-electron chi connectivity index (χ3n) is 4.84. The predicted molar refractivity (Wildman–Crippen MR) is 104 cm³/mol. The number of hydrogen-bond acceptors (Lipinski definition) is 6. The lowest BCUT2D eigenvalue weighted by Crippen LogP contribution is -2.37. The minimum atomic E-state index is -0.227. The second kappa shape index (κ2) is 8.35. The highest BCUT2D eigenvalue weighted by Gasteiger charge is 2.17. The molecule has 0 unspecified atom stereocenters. The molecule has 0 aliphatic carbocycles. The van der Waals surface area contributed by atoms with Crippen molar-refractivity contribution in [1.82, 2.24) is 15.6 Å². The van der Waals surface area contributed by atoms with Crippen LogP contribution in [-0.2, 0) is 11.3 Å². The number of urea groups is 1. The fourth-order valence-corrected chi connectivity index (χ4v) is 3.23. The zero-order valence-electron chi connectivity index (χ0n) is 15.8. The molecular weight excluding hydrogens is 360 g/mol. The monoisotopic (exact) mass is 384 g/mol. The van der Waals surface area contributed by atoms with Crippen LogP contribution < -0.4 is 25.0 Å². The molecule has 28 heavy (non-hydrogen) atoms. The molecule has 0 radical (unpaired) electrons. The zero-order chi connectivity index (χ0) is 19.3. The molecule has 1 atom stereocenters. The van der Waals surface area contributed by atoms with Gasteiger partial charge in [0, 0.05) is 25.8 Å². The molecule has 8 heteroatoms. The number of carbonyl (C=O) groups excluding carboxylic acids is 1. The molecule has 1 aromatic heterocycles. The molecule has 148 valence electrons. The smallest absolute Gasteiger partial charge is 0.315 e. The summed E-state index contributed by atoms with van der Waals surface area (Å²) in [5, 5.41) is 5.85. The average Bonchev–Trinajstić information content (AvgIpc) is 3.21. The van der Waals surface area contributed by atoms with E-state index >= 15 is 0 Å². The number of aromatic nitrogens is 1. The van der Waals surface area contributed by atoms with E-state index < -0.39 is 0 Å². The predicted octanol–water partition coefficient (Wildman–Crippen LogP) is 2.21. The van der Waals surface area contributed by atoms with E-state index in [1.54, 1.807) is 6.20 Å². The topological polar surface area (TPSA) is 85.0 Å². The highest BCUT2D eigenvalue weighted by atomic mass is 16.7. The minimum Gasteiger partial charge on any atom is -0.454 e. The number of nitrogens with one attached hydrogen (secondary N) is 2. The molecule has 0 spiro atoms. The number of amides is 2. The quantitative estimate of drug-likeness (QED) is 0.822. The fraction of sp³-hybridized carbons (Fsp3) is 0.400. The lowest BCUT2D eigenvalue weighted by atomic mass is 10.1. The van der Waals surface area contributed by atoms with Crippen molar-refractivity contribution in [3.63, 3.8) is 0 Å². The van der Waals surface area contributed by atoms with Crippen molar-refractivity contribution < 1.29 is 19.0 Å². The minimum absolute atomic E-state index is 0.157. The summed E-state index contributed by atoms with van der Waals surface area (Å²) in [6.45, 7) is 5.68. The molecule has 1 fully saturated rings. The van der Waals surface area contributed by atoms with Crippen LogP contribution in [0.5, 0.6) is 11.5 Å². The van der Waals surface area contributed by atoms with Gasteiger partial charge in [-0.05, 0) is 42.3 Å². The molecule has 2 amide bonds. The Hall–Kier alpha value is -3.00. The van der Waals surface area contributed by atoms with Gasteiger partial charge in [0.15, 0.2) is 11.5 Å². The Morgan fingerprint density at radius 2 is 2.00 bits per heavy atom. The van der Waals surface area contributed by atoms with E-state index in [1.807, 2.05) is 37.3 Å². The Morgan fingerprint density at radius 3 is 2.86 bits per heavy atom. The Labute approximate surface area is 163 Å². The first-order valence-electron chi connectivity index (χ1n) is 9.40. The molecule has 1 aromatic carbocycles. The summed E-state index contributed by atoms with van der Waals surface area (Å²) in [7, 11) is 0. The third kappa shape index (κ3) is 4.28. The van der Waals surface area contributed by atoms with Gasteiger partial charge in [0.05, 0.1) is 19.3 Å². The molecule has 2 N–H and O–H groups in total. The summed E-state index contributed by atoms with van der Waals surface area (Å²) in [4.78, 5) is 18.9. The van der Waals surface area contributed by atoms with E-state index in [4.69, 9.17) is 14.2 Å². The number of hydrogen-bond donors (Lipinski definition) is 2. The highest BCUT2D eigenvalue weighted by Crippen LogP contribution is 2.34. The molecule has 2 aromatic rings. The second-order valence-corrected chi connectivity index (χ2v) is 6.78. The number of pyridine rings is 1. The van der Waals surface area contributed by atoms with Crippen molar-refractivity contribution in [3.05, 3.63) is 47.7 Å². The van der Waals surface area contributed by atoms with E-state index in [0.717, 1.165) is 35.8 Å². The molecule has 0 saturated carbocycles. The number of nitrogens with zero attached hydrogens (tertiary/aromatic N) is 2. The lowest BCUT2D eigenvalue weighted by Gasteiger charge is -2.28. The first kappa shape index (κ1) is 18.4. The van der Waals surface area contributed by atoms with Crippen LogP contribution in [0.3, 0.4) is 0 Å². The standard InChI is InChI=1S/C20H24N4O4/c1-14(16-2-3-17-18(11-16)28-13-27-17)23-20(25)22-12-15-4-5-21-19(10-15)24-6-8-26-9-7-24/h2-5,10-11,14H,6-9,12-13H2,1H3,(H2,22,23,25)/t14-/m1/s1. The van der Waals surface area contributed by atoms with Gasteiger partial charge >= 0.3 is 6.03 Å². The van der Waals surface area contributed by atoms with Gasteiger partial charge in [0.25, 0.3) is 0 Å². The van der Waals surface area contributed by atoms with Gasteiger partial charge in [-0.25, -0.2) is 9.78 Å². The van der Waals surface area contributed by atoms with Crippen LogP contribution in [0.25, 0.3) is 0 Å². The Morgan fingerprint density at radius 1 is 1.18 bits per heavy atom. The van der Waals surface area contributed by atoms with Crippen molar-refractivity contribution in [1.29, 1.82) is 0 Å². The van der Waals surface area contributed by atoms with Gasteiger partial charge in [-0.1, -0.05) is 6.07 Å². The number of ether oxygens (including phenoxy) is 3. The van der Waals surface area contributed by atoms with Crippen LogP contribution in [0, 0.1) is 0 Å². The van der Waals surface area contributed by atoms with Crippen LogP contribution in [0.4, 0.5) is 10.6 Å². The van der Waals surface area contributed by atoms with Crippen molar-refractivity contribution in [2.75, 3.05) is 38.0 Å². The van der Waals surface area contributed by atoms with Gasteiger partial charge in [0.1, 0.15) is 5.82 Å². The Bertz CT molecular complexity index is 839. The Balaban J connectivity index is 1.30. The first-order valence-corrected chi connectivity index (χ1v) is 9.40. The van der Waals surface area contributed by atoms with Crippen molar-refractivity contribution in [2.24, 2.45) is 0 Å².